The number of hydrogen-bond donors (Lipinski definition) is 0. The monoisotopic (exact) mass is 356 g/mol. The molecule has 1 unspecified atom stereocenters. The Labute approximate surface area is 152 Å². The second kappa shape index (κ2) is 14.1. The van der Waals surface area contributed by atoms with Gasteiger partial charge in [-0.05, 0) is 32.1 Å². The predicted octanol–water partition coefficient (Wildman–Crippen LogP) is 4.42. The van der Waals surface area contributed by atoms with Gasteiger partial charge in [-0.15, -0.1) is 0 Å². The number of hydrogen-bond acceptors (Lipinski definition) is 5. The first-order valence-corrected chi connectivity index (χ1v) is 10.1. The van der Waals surface area contributed by atoms with Crippen LogP contribution in [0.25, 0.3) is 0 Å². The number of unbranched alkanes of at least 4 members (excludes halogenated alkanes) is 6. The van der Waals surface area contributed by atoms with Gasteiger partial charge in [0.2, 0.25) is 0 Å². The Hall–Kier alpha value is -1.10. The van der Waals surface area contributed by atoms with E-state index in [1.807, 2.05) is 0 Å². The third-order valence-electron chi connectivity index (χ3n) is 4.58. The van der Waals surface area contributed by atoms with E-state index in [4.69, 9.17) is 14.2 Å². The summed E-state index contributed by atoms with van der Waals surface area (Å²) in [5.74, 6) is -1.75. The van der Waals surface area contributed by atoms with E-state index in [-0.39, 0.29) is 6.10 Å². The summed E-state index contributed by atoms with van der Waals surface area (Å²) in [5.41, 5.74) is 0. The summed E-state index contributed by atoms with van der Waals surface area (Å²) < 4.78 is 16.2. The highest BCUT2D eigenvalue weighted by Crippen LogP contribution is 2.22. The van der Waals surface area contributed by atoms with E-state index < -0.39 is 17.9 Å². The SMILES string of the molecule is CCCCCCOC(=O)C(CC1CCCO1)C(=O)OCCCCCC. The van der Waals surface area contributed by atoms with Crippen molar-refractivity contribution in [3.05, 3.63) is 0 Å². The van der Waals surface area contributed by atoms with Gasteiger partial charge >= 0.3 is 11.9 Å². The lowest BCUT2D eigenvalue weighted by molar-refractivity contribution is -0.164. The van der Waals surface area contributed by atoms with Gasteiger partial charge in [-0.2, -0.15) is 0 Å². The fraction of sp³-hybridized carbons (Fsp3) is 0.900. The maximum atomic E-state index is 12.4. The minimum atomic E-state index is -0.847. The van der Waals surface area contributed by atoms with Crippen molar-refractivity contribution in [3.8, 4) is 0 Å². The minimum absolute atomic E-state index is 0.0368. The average molecular weight is 357 g/mol. The van der Waals surface area contributed by atoms with Crippen LogP contribution in [-0.2, 0) is 23.8 Å². The van der Waals surface area contributed by atoms with Crippen molar-refractivity contribution in [3.63, 3.8) is 0 Å². The molecule has 1 aliphatic rings. The maximum Gasteiger partial charge on any atom is 0.320 e. The zero-order valence-electron chi connectivity index (χ0n) is 16.1. The lowest BCUT2D eigenvalue weighted by Gasteiger charge is -2.18. The van der Waals surface area contributed by atoms with Gasteiger partial charge in [0, 0.05) is 6.61 Å². The highest BCUT2D eigenvalue weighted by Gasteiger charge is 2.34. The number of carbonyl (C=O) groups excluding carboxylic acids is 2. The molecule has 0 bridgehead atoms. The van der Waals surface area contributed by atoms with Crippen LogP contribution in [0.2, 0.25) is 0 Å². The summed E-state index contributed by atoms with van der Waals surface area (Å²) in [5, 5.41) is 0. The Balaban J connectivity index is 2.40. The molecule has 0 aromatic heterocycles. The van der Waals surface area contributed by atoms with Gasteiger partial charge in [0.15, 0.2) is 5.92 Å². The van der Waals surface area contributed by atoms with Crippen LogP contribution in [0.1, 0.15) is 84.5 Å². The van der Waals surface area contributed by atoms with E-state index >= 15 is 0 Å². The molecule has 5 heteroatoms. The Morgan fingerprint density at radius 1 is 0.920 bits per heavy atom. The molecular formula is C20H36O5. The minimum Gasteiger partial charge on any atom is -0.465 e. The van der Waals surface area contributed by atoms with E-state index in [9.17, 15) is 9.59 Å². The molecular weight excluding hydrogens is 320 g/mol. The fourth-order valence-corrected chi connectivity index (χ4v) is 2.99. The molecule has 0 N–H and O–H groups in total. The molecule has 0 saturated carbocycles. The van der Waals surface area contributed by atoms with Crippen molar-refractivity contribution in [1.29, 1.82) is 0 Å². The third kappa shape index (κ3) is 9.83. The number of rotatable bonds is 14. The molecule has 1 saturated heterocycles. The van der Waals surface area contributed by atoms with Crippen LogP contribution in [0.4, 0.5) is 0 Å². The molecule has 0 radical (unpaired) electrons. The molecule has 5 nitrogen and oxygen atoms in total. The lowest BCUT2D eigenvalue weighted by atomic mass is 10.00. The number of esters is 2. The van der Waals surface area contributed by atoms with Gasteiger partial charge in [-0.25, -0.2) is 0 Å². The molecule has 0 spiro atoms. The molecule has 0 aromatic carbocycles. The topological polar surface area (TPSA) is 61.8 Å². The number of ether oxygens (including phenoxy) is 3. The summed E-state index contributed by atoms with van der Waals surface area (Å²) in [6, 6.07) is 0. The van der Waals surface area contributed by atoms with Crippen LogP contribution in [0.3, 0.4) is 0 Å². The summed E-state index contributed by atoms with van der Waals surface area (Å²) in [6.45, 7) is 5.74. The molecule has 1 fully saturated rings. The Bertz CT molecular complexity index is 337. The van der Waals surface area contributed by atoms with Crippen molar-refractivity contribution < 1.29 is 23.8 Å². The van der Waals surface area contributed by atoms with Gasteiger partial charge in [-0.3, -0.25) is 9.59 Å². The van der Waals surface area contributed by atoms with E-state index in [1.54, 1.807) is 0 Å². The third-order valence-corrected chi connectivity index (χ3v) is 4.58. The number of carbonyl (C=O) groups is 2. The first kappa shape index (κ1) is 21.9. The van der Waals surface area contributed by atoms with Gasteiger partial charge in [0.25, 0.3) is 0 Å². The standard InChI is InChI=1S/C20H36O5/c1-3-5-7-9-13-24-19(21)18(16-17-12-11-15-23-17)20(22)25-14-10-8-6-4-2/h17-18H,3-16H2,1-2H3. The summed E-state index contributed by atoms with van der Waals surface area (Å²) >= 11 is 0. The van der Waals surface area contributed by atoms with Crippen molar-refractivity contribution in [2.75, 3.05) is 19.8 Å². The smallest absolute Gasteiger partial charge is 0.320 e. The Morgan fingerprint density at radius 3 is 1.92 bits per heavy atom. The van der Waals surface area contributed by atoms with Gasteiger partial charge in [0.05, 0.1) is 19.3 Å². The molecule has 0 aromatic rings. The molecule has 0 amide bonds. The van der Waals surface area contributed by atoms with Crippen LogP contribution >= 0.6 is 0 Å². The maximum absolute atomic E-state index is 12.4. The van der Waals surface area contributed by atoms with Gasteiger partial charge < -0.3 is 14.2 Å². The zero-order chi connectivity index (χ0) is 18.3. The molecule has 25 heavy (non-hydrogen) atoms. The quantitative estimate of drug-likeness (QED) is 0.262. The summed E-state index contributed by atoms with van der Waals surface area (Å²) in [4.78, 5) is 24.7. The highest BCUT2D eigenvalue weighted by molar-refractivity contribution is 5.94. The van der Waals surface area contributed by atoms with Crippen molar-refractivity contribution in [1.82, 2.24) is 0 Å². The van der Waals surface area contributed by atoms with Gasteiger partial charge in [-0.1, -0.05) is 52.4 Å². The van der Waals surface area contributed by atoms with Crippen LogP contribution < -0.4 is 0 Å². The first-order chi connectivity index (χ1) is 12.2. The van der Waals surface area contributed by atoms with E-state index in [1.165, 1.54) is 0 Å². The lowest BCUT2D eigenvalue weighted by Crippen LogP contribution is -2.31. The summed E-state index contributed by atoms with van der Waals surface area (Å²) in [6.07, 6.45) is 10.5. The Kier molecular flexibility index (Phi) is 12.4. The normalized spacial score (nSPS) is 17.0. The average Bonchev–Trinajstić information content (AvgIpc) is 3.12. The van der Waals surface area contributed by atoms with E-state index in [2.05, 4.69) is 13.8 Å². The van der Waals surface area contributed by atoms with Crippen LogP contribution in [-0.4, -0.2) is 37.9 Å². The predicted molar refractivity (Wildman–Crippen MR) is 97.3 cm³/mol. The molecule has 146 valence electrons. The second-order valence-electron chi connectivity index (χ2n) is 6.88. The highest BCUT2D eigenvalue weighted by atomic mass is 16.6. The molecule has 0 aliphatic carbocycles. The van der Waals surface area contributed by atoms with Crippen molar-refractivity contribution in [2.24, 2.45) is 5.92 Å². The van der Waals surface area contributed by atoms with Gasteiger partial charge in [0.1, 0.15) is 0 Å². The molecule has 1 rings (SSSR count). The van der Waals surface area contributed by atoms with Crippen LogP contribution in [0, 0.1) is 5.92 Å². The fourth-order valence-electron chi connectivity index (χ4n) is 2.99. The largest absolute Gasteiger partial charge is 0.465 e. The molecule has 1 atom stereocenters. The van der Waals surface area contributed by atoms with E-state index in [0.29, 0.717) is 26.2 Å². The zero-order valence-corrected chi connectivity index (χ0v) is 16.1. The van der Waals surface area contributed by atoms with E-state index in [0.717, 1.165) is 64.2 Å². The first-order valence-electron chi connectivity index (χ1n) is 10.1. The van der Waals surface area contributed by atoms with Crippen LogP contribution in [0.15, 0.2) is 0 Å². The Morgan fingerprint density at radius 2 is 1.48 bits per heavy atom. The van der Waals surface area contributed by atoms with Crippen molar-refractivity contribution >= 4 is 11.9 Å². The van der Waals surface area contributed by atoms with Crippen LogP contribution in [0.5, 0.6) is 0 Å². The molecule has 1 heterocycles. The molecule has 1 aliphatic heterocycles. The van der Waals surface area contributed by atoms with Crippen molar-refractivity contribution in [2.45, 2.75) is 90.6 Å². The second-order valence-corrected chi connectivity index (χ2v) is 6.88. The summed E-state index contributed by atoms with van der Waals surface area (Å²) in [7, 11) is 0.